The standard InChI is InChI=1S/C23H18N2O3S/c1-4-23(2,3)17-11-10-14(19-20(17)25-29-24-19)12-8-9-16-18-13(12)6-5-7-15(18)21(26)28-22(16)27/h5-11H,4H2,1-3H3. The molecule has 29 heavy (non-hydrogen) atoms. The lowest BCUT2D eigenvalue weighted by molar-refractivity contribution is 0.0391. The highest BCUT2D eigenvalue weighted by atomic mass is 32.1. The molecule has 0 amide bonds. The van der Waals surface area contributed by atoms with Crippen LogP contribution in [0.5, 0.6) is 0 Å². The number of carbonyl (C=O) groups excluding carboxylic acids is 2. The molecule has 0 fully saturated rings. The topological polar surface area (TPSA) is 69.2 Å². The molecule has 0 atom stereocenters. The van der Waals surface area contributed by atoms with Gasteiger partial charge in [-0.25, -0.2) is 9.59 Å². The van der Waals surface area contributed by atoms with Gasteiger partial charge in [0.2, 0.25) is 0 Å². The Labute approximate surface area is 171 Å². The Bertz CT molecular complexity index is 1320. The molecule has 0 radical (unpaired) electrons. The van der Waals surface area contributed by atoms with E-state index in [0.29, 0.717) is 16.5 Å². The Morgan fingerprint density at radius 3 is 2.28 bits per heavy atom. The Kier molecular flexibility index (Phi) is 3.83. The summed E-state index contributed by atoms with van der Waals surface area (Å²) in [7, 11) is 0. The molecule has 0 unspecified atom stereocenters. The van der Waals surface area contributed by atoms with Crippen molar-refractivity contribution in [2.75, 3.05) is 0 Å². The van der Waals surface area contributed by atoms with Gasteiger partial charge in [0, 0.05) is 10.9 Å². The first-order valence-corrected chi connectivity index (χ1v) is 10.2. The van der Waals surface area contributed by atoms with Crippen LogP contribution in [-0.2, 0) is 10.2 Å². The van der Waals surface area contributed by atoms with E-state index in [9.17, 15) is 9.59 Å². The van der Waals surface area contributed by atoms with Gasteiger partial charge in [-0.3, -0.25) is 0 Å². The monoisotopic (exact) mass is 402 g/mol. The van der Waals surface area contributed by atoms with Gasteiger partial charge >= 0.3 is 11.9 Å². The van der Waals surface area contributed by atoms with Crippen molar-refractivity contribution >= 4 is 45.5 Å². The molecule has 1 aliphatic heterocycles. The average molecular weight is 402 g/mol. The number of ether oxygens (including phenoxy) is 1. The Hall–Kier alpha value is -3.12. The SMILES string of the molecule is CCC(C)(C)c1ccc(-c2ccc3c4c(cccc24)C(=O)OC3=O)c2nsnc12. The molecule has 0 aliphatic carbocycles. The number of hydrogen-bond acceptors (Lipinski definition) is 6. The van der Waals surface area contributed by atoms with Gasteiger partial charge in [-0.05, 0) is 40.5 Å². The maximum absolute atomic E-state index is 12.2. The van der Waals surface area contributed by atoms with Crippen LogP contribution in [0.25, 0.3) is 32.9 Å². The summed E-state index contributed by atoms with van der Waals surface area (Å²) in [6.45, 7) is 6.59. The van der Waals surface area contributed by atoms with E-state index in [1.807, 2.05) is 18.2 Å². The Morgan fingerprint density at radius 1 is 0.862 bits per heavy atom. The molecule has 1 aliphatic rings. The predicted molar refractivity (Wildman–Crippen MR) is 113 cm³/mol. The van der Waals surface area contributed by atoms with E-state index in [1.165, 1.54) is 17.3 Å². The fraction of sp³-hybridized carbons (Fsp3) is 0.217. The lowest BCUT2D eigenvalue weighted by Crippen LogP contribution is -2.19. The fourth-order valence-corrected chi connectivity index (χ4v) is 4.57. The van der Waals surface area contributed by atoms with Crippen LogP contribution in [0.15, 0.2) is 42.5 Å². The smallest absolute Gasteiger partial charge is 0.346 e. The summed E-state index contributed by atoms with van der Waals surface area (Å²) in [6, 6.07) is 13.3. The minimum atomic E-state index is -0.606. The van der Waals surface area contributed by atoms with Gasteiger partial charge in [0.15, 0.2) is 0 Å². The van der Waals surface area contributed by atoms with Crippen LogP contribution in [-0.4, -0.2) is 20.7 Å². The van der Waals surface area contributed by atoms with Crippen molar-refractivity contribution < 1.29 is 14.3 Å². The second kappa shape index (κ2) is 6.19. The van der Waals surface area contributed by atoms with Crippen molar-refractivity contribution in [3.05, 3.63) is 59.2 Å². The molecule has 5 rings (SSSR count). The highest BCUT2D eigenvalue weighted by Crippen LogP contribution is 2.40. The van der Waals surface area contributed by atoms with Gasteiger partial charge < -0.3 is 4.74 Å². The van der Waals surface area contributed by atoms with Crippen LogP contribution in [0.4, 0.5) is 0 Å². The second-order valence-electron chi connectivity index (χ2n) is 7.93. The van der Waals surface area contributed by atoms with Crippen LogP contribution in [0.1, 0.15) is 53.5 Å². The van der Waals surface area contributed by atoms with Crippen LogP contribution in [0.2, 0.25) is 0 Å². The number of aromatic nitrogens is 2. The molecule has 4 aromatic rings. The maximum atomic E-state index is 12.2. The van der Waals surface area contributed by atoms with Gasteiger partial charge in [-0.1, -0.05) is 51.1 Å². The molecule has 2 heterocycles. The van der Waals surface area contributed by atoms with Gasteiger partial charge in [-0.15, -0.1) is 0 Å². The summed E-state index contributed by atoms with van der Waals surface area (Å²) in [6.07, 6.45) is 0.990. The molecular weight excluding hydrogens is 384 g/mol. The third-order valence-corrected chi connectivity index (χ3v) is 6.51. The van der Waals surface area contributed by atoms with Gasteiger partial charge in [0.1, 0.15) is 11.0 Å². The van der Waals surface area contributed by atoms with E-state index in [-0.39, 0.29) is 5.41 Å². The quantitative estimate of drug-likeness (QED) is 0.334. The predicted octanol–water partition coefficient (Wildman–Crippen LogP) is 5.51. The largest absolute Gasteiger partial charge is 0.386 e. The number of hydrogen-bond donors (Lipinski definition) is 0. The van der Waals surface area contributed by atoms with E-state index < -0.39 is 11.9 Å². The van der Waals surface area contributed by atoms with Crippen LogP contribution in [0, 0.1) is 0 Å². The third-order valence-electron chi connectivity index (χ3n) is 5.98. The maximum Gasteiger partial charge on any atom is 0.346 e. The molecule has 1 aromatic heterocycles. The van der Waals surface area contributed by atoms with Gasteiger partial charge in [0.25, 0.3) is 0 Å². The molecule has 0 spiro atoms. The van der Waals surface area contributed by atoms with Crippen LogP contribution < -0.4 is 0 Å². The molecule has 0 bridgehead atoms. The van der Waals surface area contributed by atoms with E-state index in [2.05, 4.69) is 41.7 Å². The van der Waals surface area contributed by atoms with E-state index >= 15 is 0 Å². The second-order valence-corrected chi connectivity index (χ2v) is 8.45. The highest BCUT2D eigenvalue weighted by Gasteiger charge is 2.29. The van der Waals surface area contributed by atoms with E-state index in [0.717, 1.165) is 34.0 Å². The normalized spacial score (nSPS) is 13.9. The zero-order chi connectivity index (χ0) is 20.3. The first-order valence-electron chi connectivity index (χ1n) is 9.50. The Balaban J connectivity index is 1.83. The van der Waals surface area contributed by atoms with Gasteiger partial charge in [-0.2, -0.15) is 8.75 Å². The molecule has 6 heteroatoms. The zero-order valence-corrected chi connectivity index (χ0v) is 17.1. The number of fused-ring (bicyclic) bond motifs is 1. The lowest BCUT2D eigenvalue weighted by atomic mass is 9.80. The molecule has 3 aromatic carbocycles. The molecule has 0 saturated heterocycles. The van der Waals surface area contributed by atoms with Gasteiger partial charge in [0.05, 0.1) is 22.9 Å². The summed E-state index contributed by atoms with van der Waals surface area (Å²) < 4.78 is 14.1. The molecule has 0 N–H and O–H groups in total. The van der Waals surface area contributed by atoms with E-state index in [4.69, 9.17) is 4.74 Å². The Morgan fingerprint density at radius 2 is 1.52 bits per heavy atom. The minimum absolute atomic E-state index is 0.0113. The number of esters is 2. The fourth-order valence-electron chi connectivity index (χ4n) is 4.00. The summed E-state index contributed by atoms with van der Waals surface area (Å²) in [5, 5.41) is 1.47. The lowest BCUT2D eigenvalue weighted by Gasteiger charge is -2.24. The molecule has 5 nitrogen and oxygen atoms in total. The third kappa shape index (κ3) is 2.52. The average Bonchev–Trinajstić information content (AvgIpc) is 3.20. The van der Waals surface area contributed by atoms with Crippen molar-refractivity contribution in [1.29, 1.82) is 0 Å². The minimum Gasteiger partial charge on any atom is -0.386 e. The van der Waals surface area contributed by atoms with Crippen molar-refractivity contribution in [2.24, 2.45) is 0 Å². The summed E-state index contributed by atoms with van der Waals surface area (Å²) in [5.41, 5.74) is 5.61. The highest BCUT2D eigenvalue weighted by molar-refractivity contribution is 7.00. The number of benzene rings is 3. The van der Waals surface area contributed by atoms with E-state index in [1.54, 1.807) is 12.1 Å². The number of carbonyl (C=O) groups is 2. The van der Waals surface area contributed by atoms with Crippen molar-refractivity contribution in [2.45, 2.75) is 32.6 Å². The number of cyclic esters (lactones) is 2. The van der Waals surface area contributed by atoms with Crippen LogP contribution in [0.3, 0.4) is 0 Å². The summed E-state index contributed by atoms with van der Waals surface area (Å²) in [4.78, 5) is 24.5. The number of nitrogens with zero attached hydrogens (tertiary/aromatic N) is 2. The molecule has 144 valence electrons. The first kappa shape index (κ1) is 17.9. The molecule has 0 saturated carbocycles. The van der Waals surface area contributed by atoms with Crippen molar-refractivity contribution in [3.8, 4) is 11.1 Å². The molecular formula is C23H18N2O3S. The van der Waals surface area contributed by atoms with Crippen molar-refractivity contribution in [3.63, 3.8) is 0 Å². The zero-order valence-electron chi connectivity index (χ0n) is 16.3. The van der Waals surface area contributed by atoms with Crippen molar-refractivity contribution in [1.82, 2.24) is 8.75 Å². The first-order chi connectivity index (χ1) is 13.9. The van der Waals surface area contributed by atoms with Crippen LogP contribution >= 0.6 is 11.7 Å². The summed E-state index contributed by atoms with van der Waals surface area (Å²) >= 11 is 1.20. The number of rotatable bonds is 3. The summed E-state index contributed by atoms with van der Waals surface area (Å²) in [5.74, 6) is -1.21.